The number of nitrogens with zero attached hydrogens (tertiary/aromatic N) is 5. The minimum Gasteiger partial charge on any atom is -0.494 e. The molecule has 4 heterocycles. The number of aromatic nitrogens is 4. The number of hydrogen-bond donors (Lipinski definition) is 2. The second kappa shape index (κ2) is 8.15. The highest BCUT2D eigenvalue weighted by Crippen LogP contribution is 2.39. The number of ether oxygens (including phenoxy) is 1. The highest BCUT2D eigenvalue weighted by atomic mass is 19.4. The van der Waals surface area contributed by atoms with Crippen LogP contribution in [0.2, 0.25) is 0 Å². The first kappa shape index (κ1) is 22.4. The molecule has 0 amide bonds. The van der Waals surface area contributed by atoms with Gasteiger partial charge in [0.05, 0.1) is 18.7 Å². The average molecular weight is 476 g/mol. The summed E-state index contributed by atoms with van der Waals surface area (Å²) in [5, 5.41) is 18.6. The minimum absolute atomic E-state index is 0.0181. The second-order valence-electron chi connectivity index (χ2n) is 8.22. The topological polar surface area (TPSA) is 102 Å². The van der Waals surface area contributed by atoms with Crippen LogP contribution in [-0.4, -0.2) is 68.1 Å². The smallest absolute Gasteiger partial charge is 0.408 e. The molecule has 34 heavy (non-hydrogen) atoms. The standard InChI is InChI=1S/C22H20F4N6O2/c1-34-18-7-16-11(6-13(18)23)2-4-15(28-16)21-30-29-19-5-3-12(8-32(19)21)20(22(24,25)26)31-9-14(27)17(33)10-31/h2-8,14,17,20,33H,9-10,27H2,1H3. The molecular weight excluding hydrogens is 456 g/mol. The third kappa shape index (κ3) is 3.83. The lowest BCUT2D eigenvalue weighted by atomic mass is 10.1. The molecule has 1 saturated heterocycles. The Kier molecular flexibility index (Phi) is 5.38. The van der Waals surface area contributed by atoms with Gasteiger partial charge in [-0.1, -0.05) is 12.1 Å². The fourth-order valence-corrected chi connectivity index (χ4v) is 4.31. The van der Waals surface area contributed by atoms with Gasteiger partial charge in [-0.2, -0.15) is 13.2 Å². The number of rotatable bonds is 4. The van der Waals surface area contributed by atoms with Crippen LogP contribution >= 0.6 is 0 Å². The Morgan fingerprint density at radius 1 is 1.15 bits per heavy atom. The number of aliphatic hydroxyl groups excluding tert-OH is 1. The van der Waals surface area contributed by atoms with Crippen LogP contribution in [0.1, 0.15) is 11.6 Å². The SMILES string of the molecule is COc1cc2nc(-c3nnc4ccc(C(N5CC(N)C(O)C5)C(F)(F)F)cn34)ccc2cc1F. The summed E-state index contributed by atoms with van der Waals surface area (Å²) in [6, 6.07) is 6.00. The van der Waals surface area contributed by atoms with Crippen molar-refractivity contribution in [2.24, 2.45) is 5.73 Å². The monoisotopic (exact) mass is 476 g/mol. The molecule has 4 aromatic rings. The van der Waals surface area contributed by atoms with Gasteiger partial charge in [0.2, 0.25) is 0 Å². The molecule has 3 atom stereocenters. The lowest BCUT2D eigenvalue weighted by molar-refractivity contribution is -0.184. The highest BCUT2D eigenvalue weighted by Gasteiger charge is 2.48. The first-order valence-electron chi connectivity index (χ1n) is 10.4. The van der Waals surface area contributed by atoms with E-state index in [9.17, 15) is 22.7 Å². The number of pyridine rings is 2. The van der Waals surface area contributed by atoms with E-state index in [1.807, 2.05) is 0 Å². The fraction of sp³-hybridized carbons (Fsp3) is 0.318. The molecule has 178 valence electrons. The summed E-state index contributed by atoms with van der Waals surface area (Å²) in [5.74, 6) is -0.294. The van der Waals surface area contributed by atoms with E-state index >= 15 is 0 Å². The average Bonchev–Trinajstić information content (AvgIpc) is 3.34. The Morgan fingerprint density at radius 2 is 1.94 bits per heavy atom. The molecule has 1 aliphatic heterocycles. The zero-order valence-corrected chi connectivity index (χ0v) is 17.9. The third-order valence-corrected chi connectivity index (χ3v) is 5.97. The number of halogens is 4. The van der Waals surface area contributed by atoms with Crippen molar-refractivity contribution in [2.45, 2.75) is 24.4 Å². The van der Waals surface area contributed by atoms with E-state index in [-0.39, 0.29) is 30.2 Å². The van der Waals surface area contributed by atoms with Gasteiger partial charge in [0.25, 0.3) is 0 Å². The van der Waals surface area contributed by atoms with Crippen LogP contribution in [0, 0.1) is 5.82 Å². The van der Waals surface area contributed by atoms with Gasteiger partial charge in [0, 0.05) is 36.8 Å². The maximum absolute atomic E-state index is 14.1. The first-order valence-corrected chi connectivity index (χ1v) is 10.4. The van der Waals surface area contributed by atoms with E-state index in [0.717, 1.165) is 4.90 Å². The van der Waals surface area contributed by atoms with Crippen molar-refractivity contribution in [1.82, 2.24) is 24.5 Å². The summed E-state index contributed by atoms with van der Waals surface area (Å²) in [5.41, 5.74) is 6.80. The number of methoxy groups -OCH3 is 1. The van der Waals surface area contributed by atoms with Gasteiger partial charge in [-0.05, 0) is 23.8 Å². The van der Waals surface area contributed by atoms with Gasteiger partial charge < -0.3 is 15.6 Å². The summed E-state index contributed by atoms with van der Waals surface area (Å²) >= 11 is 0. The van der Waals surface area contributed by atoms with Gasteiger partial charge >= 0.3 is 6.18 Å². The predicted octanol–water partition coefficient (Wildman–Crippen LogP) is 2.70. The molecule has 12 heteroatoms. The van der Waals surface area contributed by atoms with Gasteiger partial charge in [0.15, 0.2) is 23.0 Å². The lowest BCUT2D eigenvalue weighted by Crippen LogP contribution is -2.38. The molecule has 0 aliphatic carbocycles. The van der Waals surface area contributed by atoms with E-state index in [0.29, 0.717) is 22.2 Å². The Labute approximate surface area is 190 Å². The zero-order valence-electron chi connectivity index (χ0n) is 17.9. The van der Waals surface area contributed by atoms with Crippen LogP contribution < -0.4 is 10.5 Å². The van der Waals surface area contributed by atoms with Crippen LogP contribution in [0.25, 0.3) is 28.1 Å². The number of alkyl halides is 3. The quantitative estimate of drug-likeness (QED) is 0.437. The van der Waals surface area contributed by atoms with Crippen LogP contribution in [0.3, 0.4) is 0 Å². The molecule has 3 aromatic heterocycles. The van der Waals surface area contributed by atoms with Crippen molar-refractivity contribution in [3.8, 4) is 17.3 Å². The maximum atomic E-state index is 14.1. The van der Waals surface area contributed by atoms with Crippen molar-refractivity contribution in [3.05, 3.63) is 54.0 Å². The second-order valence-corrected chi connectivity index (χ2v) is 8.22. The molecule has 1 aliphatic rings. The summed E-state index contributed by atoms with van der Waals surface area (Å²) in [4.78, 5) is 5.61. The molecule has 3 N–H and O–H groups in total. The molecule has 0 bridgehead atoms. The Balaban J connectivity index is 1.60. The normalized spacial score (nSPS) is 20.3. The van der Waals surface area contributed by atoms with Gasteiger partial charge in [-0.15, -0.1) is 10.2 Å². The number of benzene rings is 1. The first-order chi connectivity index (χ1) is 16.2. The lowest BCUT2D eigenvalue weighted by Gasteiger charge is -2.29. The third-order valence-electron chi connectivity index (χ3n) is 5.97. The summed E-state index contributed by atoms with van der Waals surface area (Å²) in [6.07, 6.45) is -4.33. The van der Waals surface area contributed by atoms with E-state index in [1.54, 1.807) is 12.1 Å². The van der Waals surface area contributed by atoms with E-state index in [2.05, 4.69) is 15.2 Å². The molecule has 0 radical (unpaired) electrons. The predicted molar refractivity (Wildman–Crippen MR) is 115 cm³/mol. The molecular formula is C22H20F4N6O2. The molecule has 1 fully saturated rings. The van der Waals surface area contributed by atoms with Crippen LogP contribution in [0.5, 0.6) is 5.75 Å². The molecule has 5 rings (SSSR count). The molecule has 1 aromatic carbocycles. The van der Waals surface area contributed by atoms with Crippen molar-refractivity contribution < 1.29 is 27.4 Å². The Bertz CT molecular complexity index is 1370. The number of aliphatic hydroxyl groups is 1. The van der Waals surface area contributed by atoms with E-state index in [1.165, 1.54) is 42.0 Å². The largest absolute Gasteiger partial charge is 0.494 e. The molecule has 8 nitrogen and oxygen atoms in total. The minimum atomic E-state index is -4.60. The van der Waals surface area contributed by atoms with Crippen molar-refractivity contribution in [3.63, 3.8) is 0 Å². The molecule has 0 saturated carbocycles. The maximum Gasteiger partial charge on any atom is 0.408 e. The van der Waals surface area contributed by atoms with Gasteiger partial charge in [-0.25, -0.2) is 9.37 Å². The summed E-state index contributed by atoms with van der Waals surface area (Å²) < 4.78 is 62.7. The number of nitrogens with two attached hydrogens (primary N) is 1. The van der Waals surface area contributed by atoms with E-state index in [4.69, 9.17) is 10.5 Å². The Hall–Kier alpha value is -3.35. The van der Waals surface area contributed by atoms with Gasteiger partial charge in [0.1, 0.15) is 11.7 Å². The van der Waals surface area contributed by atoms with Crippen LogP contribution in [0.15, 0.2) is 42.6 Å². The summed E-state index contributed by atoms with van der Waals surface area (Å²) in [7, 11) is 1.34. The summed E-state index contributed by atoms with van der Waals surface area (Å²) in [6.45, 7) is -0.286. The van der Waals surface area contributed by atoms with Crippen LogP contribution in [-0.2, 0) is 0 Å². The van der Waals surface area contributed by atoms with E-state index < -0.39 is 30.2 Å². The number of β-amino-alcohol motifs (C(OH)–C–C–N with tert-alkyl or cyclic N) is 1. The Morgan fingerprint density at radius 3 is 2.62 bits per heavy atom. The van der Waals surface area contributed by atoms with Crippen molar-refractivity contribution >= 4 is 16.6 Å². The number of likely N-dealkylation sites (tertiary alicyclic amines) is 1. The highest BCUT2D eigenvalue weighted by molar-refractivity contribution is 5.82. The van der Waals surface area contributed by atoms with Crippen LogP contribution in [0.4, 0.5) is 17.6 Å². The van der Waals surface area contributed by atoms with Crippen molar-refractivity contribution in [2.75, 3.05) is 20.2 Å². The van der Waals surface area contributed by atoms with Crippen molar-refractivity contribution in [1.29, 1.82) is 0 Å². The zero-order chi connectivity index (χ0) is 24.2. The fourth-order valence-electron chi connectivity index (χ4n) is 4.31. The molecule has 0 spiro atoms. The molecule has 3 unspecified atom stereocenters. The number of fused-ring (bicyclic) bond motifs is 2. The number of hydrogen-bond acceptors (Lipinski definition) is 7. The van der Waals surface area contributed by atoms with Gasteiger partial charge in [-0.3, -0.25) is 9.30 Å².